The Morgan fingerprint density at radius 1 is 1.33 bits per heavy atom. The molecule has 0 radical (unpaired) electrons. The molecule has 0 aliphatic carbocycles. The van der Waals surface area contributed by atoms with Crippen molar-refractivity contribution in [3.05, 3.63) is 47.5 Å². The topological polar surface area (TPSA) is 77.8 Å². The first-order valence-electron chi connectivity index (χ1n) is 9.99. The molecule has 1 amide bonds. The Kier molecular flexibility index (Phi) is 8.13. The number of rotatable bonds is 8. The first kappa shape index (κ1) is 23.6. The van der Waals surface area contributed by atoms with Gasteiger partial charge in [-0.25, -0.2) is 4.79 Å². The number of aromatic carboxylic acids is 1. The van der Waals surface area contributed by atoms with Gasteiger partial charge >= 0.3 is 11.9 Å². The van der Waals surface area contributed by atoms with E-state index < -0.39 is 36.4 Å². The van der Waals surface area contributed by atoms with Crippen LogP contribution in [0.15, 0.2) is 36.4 Å². The van der Waals surface area contributed by atoms with Crippen LogP contribution in [-0.2, 0) is 11.2 Å². The zero-order chi connectivity index (χ0) is 22.3. The largest absolute Gasteiger partial charge is 0.478 e. The summed E-state index contributed by atoms with van der Waals surface area (Å²) in [5, 5.41) is 19.2. The molecule has 2 N–H and O–H groups in total. The van der Waals surface area contributed by atoms with Crippen molar-refractivity contribution < 1.29 is 28.6 Å². The number of likely N-dealkylation sites (tertiary alicyclic amines) is 1. The lowest BCUT2D eigenvalue weighted by Gasteiger charge is -2.22. The average molecular weight is 419 g/mol. The van der Waals surface area contributed by atoms with E-state index in [1.807, 2.05) is 13.8 Å². The van der Waals surface area contributed by atoms with Gasteiger partial charge in [0.2, 0.25) is 0 Å². The van der Waals surface area contributed by atoms with Gasteiger partial charge in [0.05, 0.1) is 17.7 Å². The van der Waals surface area contributed by atoms with Gasteiger partial charge in [0, 0.05) is 25.8 Å². The van der Waals surface area contributed by atoms with Crippen LogP contribution in [0.25, 0.3) is 0 Å². The number of carboxylic acid groups (broad SMARTS) is 1. The van der Waals surface area contributed by atoms with E-state index >= 15 is 0 Å². The number of aliphatic hydroxyl groups is 1. The number of nitrogens with zero attached hydrogens (tertiary/aromatic N) is 1. The molecular formula is C23H27F2NO4. The fourth-order valence-corrected chi connectivity index (χ4v) is 3.23. The number of hydrogen-bond acceptors (Lipinski definition) is 3. The highest BCUT2D eigenvalue weighted by Gasteiger charge is 2.52. The smallest absolute Gasteiger partial charge is 0.335 e. The maximum absolute atomic E-state index is 14.0. The third-order valence-electron chi connectivity index (χ3n) is 5.12. The Labute approximate surface area is 175 Å². The van der Waals surface area contributed by atoms with Gasteiger partial charge in [0.15, 0.2) is 0 Å². The second-order valence-electron chi connectivity index (χ2n) is 7.49. The van der Waals surface area contributed by atoms with Crippen molar-refractivity contribution in [1.82, 2.24) is 4.90 Å². The lowest BCUT2D eigenvalue weighted by atomic mass is 9.99. The molecule has 1 aliphatic heterocycles. The number of hydrogen-bond donors (Lipinski definition) is 2. The Morgan fingerprint density at radius 2 is 2.00 bits per heavy atom. The van der Waals surface area contributed by atoms with Gasteiger partial charge in [0.1, 0.15) is 0 Å². The molecule has 1 aliphatic rings. The zero-order valence-corrected chi connectivity index (χ0v) is 17.1. The summed E-state index contributed by atoms with van der Waals surface area (Å²) >= 11 is 0. The van der Waals surface area contributed by atoms with Crippen molar-refractivity contribution in [2.45, 2.75) is 57.6 Å². The molecule has 1 saturated heterocycles. The van der Waals surface area contributed by atoms with E-state index in [9.17, 15) is 23.5 Å². The first-order chi connectivity index (χ1) is 14.2. The van der Waals surface area contributed by atoms with Crippen LogP contribution in [0.4, 0.5) is 8.78 Å². The molecule has 0 spiro atoms. The Hall–Kier alpha value is -2.72. The molecule has 5 nitrogen and oxygen atoms in total. The van der Waals surface area contributed by atoms with Crippen LogP contribution in [0.3, 0.4) is 0 Å². The average Bonchev–Trinajstić information content (AvgIpc) is 2.93. The van der Waals surface area contributed by atoms with Crippen molar-refractivity contribution in [3.63, 3.8) is 0 Å². The molecule has 1 unspecified atom stereocenters. The van der Waals surface area contributed by atoms with Crippen molar-refractivity contribution in [2.75, 3.05) is 6.54 Å². The highest BCUT2D eigenvalue weighted by atomic mass is 19.3. The van der Waals surface area contributed by atoms with Crippen molar-refractivity contribution in [3.8, 4) is 11.8 Å². The SMILES string of the molecule is CCC#CC[C@@H](C)[C@H](O)/C=C/C1CC(F)(F)C(=O)N1CCc1ccc(C(=O)O)cc1. The van der Waals surface area contributed by atoms with Crippen LogP contribution in [0.5, 0.6) is 0 Å². The summed E-state index contributed by atoms with van der Waals surface area (Å²) < 4.78 is 28.0. The molecule has 30 heavy (non-hydrogen) atoms. The van der Waals surface area contributed by atoms with Gasteiger partial charge in [-0.3, -0.25) is 4.79 Å². The minimum absolute atomic E-state index is 0.0729. The Balaban J connectivity index is 2.04. The van der Waals surface area contributed by atoms with Crippen molar-refractivity contribution in [2.24, 2.45) is 5.92 Å². The second-order valence-corrected chi connectivity index (χ2v) is 7.49. The third kappa shape index (κ3) is 6.14. The molecule has 1 fully saturated rings. The van der Waals surface area contributed by atoms with Gasteiger partial charge in [0.25, 0.3) is 5.91 Å². The van der Waals surface area contributed by atoms with Crippen LogP contribution in [-0.4, -0.2) is 51.6 Å². The summed E-state index contributed by atoms with van der Waals surface area (Å²) in [4.78, 5) is 24.2. The number of benzene rings is 1. The van der Waals surface area contributed by atoms with Crippen LogP contribution in [0.1, 0.15) is 49.0 Å². The van der Waals surface area contributed by atoms with E-state index in [1.165, 1.54) is 24.3 Å². The number of carbonyl (C=O) groups is 2. The van der Waals surface area contributed by atoms with E-state index in [-0.39, 0.29) is 18.0 Å². The molecule has 7 heteroatoms. The standard InChI is InChI=1S/C23H27F2NO4/c1-3-4-5-6-16(2)20(27)12-11-19-15-23(24,25)22(30)26(19)14-13-17-7-9-18(10-8-17)21(28)29/h7-12,16,19-20,27H,3,6,13-15H2,1-2H3,(H,28,29)/b12-11+/t16-,19?,20-/m1/s1. The lowest BCUT2D eigenvalue weighted by molar-refractivity contribution is -0.148. The van der Waals surface area contributed by atoms with E-state index in [1.54, 1.807) is 12.1 Å². The molecule has 3 atom stereocenters. The van der Waals surface area contributed by atoms with Gasteiger partial charge in [-0.15, -0.1) is 11.8 Å². The highest BCUT2D eigenvalue weighted by Crippen LogP contribution is 2.34. The second kappa shape index (κ2) is 10.4. The van der Waals surface area contributed by atoms with Crippen molar-refractivity contribution in [1.29, 1.82) is 0 Å². The van der Waals surface area contributed by atoms with E-state index in [0.29, 0.717) is 12.8 Å². The Bertz CT molecular complexity index is 839. The van der Waals surface area contributed by atoms with Gasteiger partial charge in [-0.1, -0.05) is 38.1 Å². The number of carbonyl (C=O) groups excluding carboxylic acids is 1. The molecule has 0 saturated carbocycles. The molecule has 1 aromatic rings. The fraction of sp³-hybridized carbons (Fsp3) is 0.478. The molecule has 0 bridgehead atoms. The van der Waals surface area contributed by atoms with E-state index in [0.717, 1.165) is 16.9 Å². The normalized spacial score (nSPS) is 20.1. The number of aliphatic hydroxyl groups excluding tert-OH is 1. The van der Waals surface area contributed by atoms with Gasteiger partial charge in [-0.2, -0.15) is 8.78 Å². The fourth-order valence-electron chi connectivity index (χ4n) is 3.23. The molecule has 1 aromatic carbocycles. The summed E-state index contributed by atoms with van der Waals surface area (Å²) in [5.41, 5.74) is 0.879. The predicted octanol–water partition coefficient (Wildman–Crippen LogP) is 3.52. The maximum atomic E-state index is 14.0. The highest BCUT2D eigenvalue weighted by molar-refractivity contribution is 5.87. The summed E-state index contributed by atoms with van der Waals surface area (Å²) in [6.07, 6.45) is 3.01. The summed E-state index contributed by atoms with van der Waals surface area (Å²) in [7, 11) is 0. The molecular weight excluding hydrogens is 392 g/mol. The number of alkyl halides is 2. The maximum Gasteiger partial charge on any atom is 0.335 e. The minimum Gasteiger partial charge on any atom is -0.478 e. The summed E-state index contributed by atoms with van der Waals surface area (Å²) in [6, 6.07) is 5.28. The van der Waals surface area contributed by atoms with Crippen LogP contribution in [0, 0.1) is 17.8 Å². The van der Waals surface area contributed by atoms with Gasteiger partial charge < -0.3 is 15.1 Å². The van der Waals surface area contributed by atoms with Crippen LogP contribution >= 0.6 is 0 Å². The van der Waals surface area contributed by atoms with Gasteiger partial charge in [-0.05, 0) is 30.0 Å². The molecule has 1 heterocycles. The van der Waals surface area contributed by atoms with E-state index in [2.05, 4.69) is 11.8 Å². The molecule has 162 valence electrons. The lowest BCUT2D eigenvalue weighted by Crippen LogP contribution is -2.37. The predicted molar refractivity (Wildman–Crippen MR) is 109 cm³/mol. The van der Waals surface area contributed by atoms with Crippen LogP contribution in [0.2, 0.25) is 0 Å². The minimum atomic E-state index is -3.44. The van der Waals surface area contributed by atoms with Crippen molar-refractivity contribution >= 4 is 11.9 Å². The molecule has 0 aromatic heterocycles. The number of carboxylic acids is 1. The zero-order valence-electron chi connectivity index (χ0n) is 17.1. The quantitative estimate of drug-likeness (QED) is 0.499. The Morgan fingerprint density at radius 3 is 2.60 bits per heavy atom. The third-order valence-corrected chi connectivity index (χ3v) is 5.12. The monoisotopic (exact) mass is 419 g/mol. The van der Waals surface area contributed by atoms with Crippen LogP contribution < -0.4 is 0 Å². The summed E-state index contributed by atoms with van der Waals surface area (Å²) in [6.45, 7) is 3.83. The summed E-state index contributed by atoms with van der Waals surface area (Å²) in [5.74, 6) is 0.0181. The number of halogens is 2. The van der Waals surface area contributed by atoms with E-state index in [4.69, 9.17) is 5.11 Å². The number of amides is 1. The first-order valence-corrected chi connectivity index (χ1v) is 9.99. The molecule has 2 rings (SSSR count).